The van der Waals surface area contributed by atoms with Gasteiger partial charge in [-0.05, 0) is 43.5 Å². The predicted octanol–water partition coefficient (Wildman–Crippen LogP) is 1.87. The number of amides is 1. The average molecular weight is 281 g/mol. The number of ether oxygens (including phenoxy) is 1. The van der Waals surface area contributed by atoms with Gasteiger partial charge in [0.2, 0.25) is 5.91 Å². The summed E-state index contributed by atoms with van der Waals surface area (Å²) in [5.41, 5.74) is -0.0553. The minimum Gasteiger partial charge on any atom is -0.494 e. The summed E-state index contributed by atoms with van der Waals surface area (Å²) in [6.07, 6.45) is 2.97. The second-order valence-electron chi connectivity index (χ2n) is 5.34. The number of aliphatic hydroxyl groups is 1. The molecule has 1 aliphatic rings. The smallest absolute Gasteiger partial charge is 0.220 e. The van der Waals surface area contributed by atoms with Crippen molar-refractivity contribution in [3.63, 3.8) is 0 Å². The first-order valence-corrected chi connectivity index (χ1v) is 6.89. The van der Waals surface area contributed by atoms with Crippen LogP contribution in [-0.4, -0.2) is 30.8 Å². The zero-order valence-electron chi connectivity index (χ0n) is 11.4. The standard InChI is InChI=1S/C15H20FNO3/c16-12-3-5-13(6-4-12)20-9-1-2-14(19)17-10-15(11-18)7-8-15/h3-6,18H,1-2,7-11H2,(H,17,19). The molecule has 5 heteroatoms. The number of benzene rings is 1. The molecule has 0 bridgehead atoms. The number of hydrogen-bond acceptors (Lipinski definition) is 3. The Labute approximate surface area is 117 Å². The number of aliphatic hydroxyl groups excluding tert-OH is 1. The third kappa shape index (κ3) is 4.49. The highest BCUT2D eigenvalue weighted by Crippen LogP contribution is 2.44. The van der Waals surface area contributed by atoms with Crippen molar-refractivity contribution in [1.82, 2.24) is 5.32 Å². The number of nitrogens with one attached hydrogen (secondary N) is 1. The van der Waals surface area contributed by atoms with Crippen molar-refractivity contribution >= 4 is 5.91 Å². The van der Waals surface area contributed by atoms with Crippen molar-refractivity contribution in [3.8, 4) is 5.75 Å². The Morgan fingerprint density at radius 2 is 2.05 bits per heavy atom. The van der Waals surface area contributed by atoms with E-state index in [0.717, 1.165) is 12.8 Å². The first-order valence-electron chi connectivity index (χ1n) is 6.89. The second-order valence-corrected chi connectivity index (χ2v) is 5.34. The van der Waals surface area contributed by atoms with Crippen molar-refractivity contribution in [2.75, 3.05) is 19.8 Å². The van der Waals surface area contributed by atoms with Crippen LogP contribution in [0, 0.1) is 11.2 Å². The molecule has 0 atom stereocenters. The molecule has 1 aromatic carbocycles. The summed E-state index contributed by atoms with van der Waals surface area (Å²) in [6, 6.07) is 5.80. The van der Waals surface area contributed by atoms with Crippen LogP contribution in [0.4, 0.5) is 4.39 Å². The number of halogens is 1. The van der Waals surface area contributed by atoms with Crippen LogP contribution in [0.25, 0.3) is 0 Å². The fourth-order valence-electron chi connectivity index (χ4n) is 1.90. The van der Waals surface area contributed by atoms with Crippen LogP contribution in [-0.2, 0) is 4.79 Å². The van der Waals surface area contributed by atoms with E-state index in [1.54, 1.807) is 12.1 Å². The van der Waals surface area contributed by atoms with Crippen molar-refractivity contribution in [2.45, 2.75) is 25.7 Å². The maximum atomic E-state index is 12.7. The highest BCUT2D eigenvalue weighted by Gasteiger charge is 2.41. The molecule has 0 spiro atoms. The van der Waals surface area contributed by atoms with Gasteiger partial charge in [0.15, 0.2) is 0 Å². The van der Waals surface area contributed by atoms with Crippen molar-refractivity contribution in [2.24, 2.45) is 5.41 Å². The average Bonchev–Trinajstić information content (AvgIpc) is 3.24. The lowest BCUT2D eigenvalue weighted by Gasteiger charge is -2.12. The third-order valence-electron chi connectivity index (χ3n) is 3.58. The summed E-state index contributed by atoms with van der Waals surface area (Å²) in [5, 5.41) is 12.0. The molecule has 0 radical (unpaired) electrons. The van der Waals surface area contributed by atoms with Crippen LogP contribution < -0.4 is 10.1 Å². The summed E-state index contributed by atoms with van der Waals surface area (Å²) in [7, 11) is 0. The van der Waals surface area contributed by atoms with E-state index >= 15 is 0 Å². The Morgan fingerprint density at radius 1 is 1.35 bits per heavy atom. The Balaban J connectivity index is 1.56. The van der Waals surface area contributed by atoms with Crippen LogP contribution in [0.15, 0.2) is 24.3 Å². The van der Waals surface area contributed by atoms with Gasteiger partial charge in [0.1, 0.15) is 11.6 Å². The molecule has 0 unspecified atom stereocenters. The molecule has 0 aromatic heterocycles. The molecule has 1 aliphatic carbocycles. The van der Waals surface area contributed by atoms with Gasteiger partial charge in [-0.2, -0.15) is 0 Å². The van der Waals surface area contributed by atoms with E-state index in [0.29, 0.717) is 31.7 Å². The van der Waals surface area contributed by atoms with E-state index in [4.69, 9.17) is 9.84 Å². The van der Waals surface area contributed by atoms with Gasteiger partial charge in [0.25, 0.3) is 0 Å². The van der Waals surface area contributed by atoms with Crippen LogP contribution in [0.2, 0.25) is 0 Å². The SMILES string of the molecule is O=C(CCCOc1ccc(F)cc1)NCC1(CO)CC1. The number of carbonyl (C=O) groups is 1. The van der Waals surface area contributed by atoms with Crippen molar-refractivity contribution in [3.05, 3.63) is 30.1 Å². The maximum Gasteiger partial charge on any atom is 0.220 e. The fraction of sp³-hybridized carbons (Fsp3) is 0.533. The van der Waals surface area contributed by atoms with Gasteiger partial charge < -0.3 is 15.2 Å². The summed E-state index contributed by atoms with van der Waals surface area (Å²) in [5.74, 6) is 0.283. The molecule has 110 valence electrons. The first kappa shape index (κ1) is 14.8. The minimum atomic E-state index is -0.297. The Kier molecular flexibility index (Phi) is 4.95. The van der Waals surface area contributed by atoms with Gasteiger partial charge >= 0.3 is 0 Å². The molecule has 1 saturated carbocycles. The highest BCUT2D eigenvalue weighted by molar-refractivity contribution is 5.75. The molecule has 1 amide bonds. The van der Waals surface area contributed by atoms with E-state index in [2.05, 4.69) is 5.32 Å². The van der Waals surface area contributed by atoms with Crippen molar-refractivity contribution < 1.29 is 19.0 Å². The minimum absolute atomic E-state index is 0.0209. The monoisotopic (exact) mass is 281 g/mol. The lowest BCUT2D eigenvalue weighted by molar-refractivity contribution is -0.121. The summed E-state index contributed by atoms with van der Waals surface area (Å²) in [6.45, 7) is 1.12. The van der Waals surface area contributed by atoms with E-state index in [1.807, 2.05) is 0 Å². The molecular weight excluding hydrogens is 261 g/mol. The molecule has 2 rings (SSSR count). The molecule has 0 saturated heterocycles. The van der Waals surface area contributed by atoms with Gasteiger partial charge in [-0.3, -0.25) is 4.79 Å². The summed E-state index contributed by atoms with van der Waals surface area (Å²) in [4.78, 5) is 11.6. The quantitative estimate of drug-likeness (QED) is 0.715. The molecule has 1 aromatic rings. The summed E-state index contributed by atoms with van der Waals surface area (Å²) >= 11 is 0. The molecule has 1 fully saturated rings. The van der Waals surface area contributed by atoms with Gasteiger partial charge in [0.05, 0.1) is 13.2 Å². The number of hydrogen-bond donors (Lipinski definition) is 2. The fourth-order valence-corrected chi connectivity index (χ4v) is 1.90. The first-order chi connectivity index (χ1) is 9.63. The molecule has 4 nitrogen and oxygen atoms in total. The summed E-state index contributed by atoms with van der Waals surface area (Å²) < 4.78 is 18.1. The van der Waals surface area contributed by atoms with Crippen molar-refractivity contribution in [1.29, 1.82) is 0 Å². The van der Waals surface area contributed by atoms with E-state index in [-0.39, 0.29) is 23.7 Å². The molecule has 0 heterocycles. The Bertz CT molecular complexity index is 443. The number of carbonyl (C=O) groups excluding carboxylic acids is 1. The largest absolute Gasteiger partial charge is 0.494 e. The van der Waals surface area contributed by atoms with Crippen LogP contribution >= 0.6 is 0 Å². The van der Waals surface area contributed by atoms with Crippen LogP contribution in [0.1, 0.15) is 25.7 Å². The zero-order chi connectivity index (χ0) is 14.4. The molecule has 2 N–H and O–H groups in total. The van der Waals surface area contributed by atoms with E-state index < -0.39 is 0 Å². The normalized spacial score (nSPS) is 15.7. The van der Waals surface area contributed by atoms with Crippen LogP contribution in [0.5, 0.6) is 5.75 Å². The van der Waals surface area contributed by atoms with Gasteiger partial charge in [-0.1, -0.05) is 0 Å². The zero-order valence-corrected chi connectivity index (χ0v) is 11.4. The Morgan fingerprint density at radius 3 is 2.65 bits per heavy atom. The van der Waals surface area contributed by atoms with Gasteiger partial charge in [-0.25, -0.2) is 4.39 Å². The third-order valence-corrected chi connectivity index (χ3v) is 3.58. The second kappa shape index (κ2) is 6.70. The van der Waals surface area contributed by atoms with Crippen LogP contribution in [0.3, 0.4) is 0 Å². The molecular formula is C15H20FNO3. The van der Waals surface area contributed by atoms with E-state index in [9.17, 15) is 9.18 Å². The van der Waals surface area contributed by atoms with Gasteiger partial charge in [-0.15, -0.1) is 0 Å². The lowest BCUT2D eigenvalue weighted by atomic mass is 10.1. The Hall–Kier alpha value is -1.62. The van der Waals surface area contributed by atoms with Gasteiger partial charge in [0, 0.05) is 18.4 Å². The highest BCUT2D eigenvalue weighted by atomic mass is 19.1. The number of rotatable bonds is 8. The molecule has 20 heavy (non-hydrogen) atoms. The predicted molar refractivity (Wildman–Crippen MR) is 72.9 cm³/mol. The lowest BCUT2D eigenvalue weighted by Crippen LogP contribution is -2.31. The van der Waals surface area contributed by atoms with E-state index in [1.165, 1.54) is 12.1 Å². The topological polar surface area (TPSA) is 58.6 Å². The molecule has 0 aliphatic heterocycles. The maximum absolute atomic E-state index is 12.7.